The van der Waals surface area contributed by atoms with E-state index in [0.717, 1.165) is 108 Å². The van der Waals surface area contributed by atoms with E-state index in [4.69, 9.17) is 46.1 Å². The van der Waals surface area contributed by atoms with E-state index < -0.39 is 0 Å². The van der Waals surface area contributed by atoms with E-state index in [1.165, 1.54) is 53.7 Å². The third-order valence-corrected chi connectivity index (χ3v) is 13.5. The molecule has 4 aliphatic heterocycles. The van der Waals surface area contributed by atoms with Crippen molar-refractivity contribution >= 4 is 89.7 Å². The van der Waals surface area contributed by atoms with Gasteiger partial charge >= 0.3 is 6.09 Å². The summed E-state index contributed by atoms with van der Waals surface area (Å²) in [7, 11) is 0. The molecule has 1 atom stereocenters. The van der Waals surface area contributed by atoms with Gasteiger partial charge in [0.05, 0.1) is 23.6 Å². The van der Waals surface area contributed by atoms with Crippen LogP contribution in [0.4, 0.5) is 4.79 Å². The maximum Gasteiger partial charge on any atom is 0.410 e. The van der Waals surface area contributed by atoms with Gasteiger partial charge in [-0.2, -0.15) is 13.5 Å². The van der Waals surface area contributed by atoms with Crippen LogP contribution >= 0.6 is 83.6 Å². The molecule has 9 rings (SSSR count). The first-order chi connectivity index (χ1) is 31.7. The third kappa shape index (κ3) is 16.1. The topological polar surface area (TPSA) is 139 Å². The molecule has 1 fully saturated rings. The van der Waals surface area contributed by atoms with Crippen LogP contribution in [0.1, 0.15) is 57.7 Å². The molecule has 2 aromatic carbocycles. The van der Waals surface area contributed by atoms with Gasteiger partial charge in [0.15, 0.2) is 15.5 Å². The Morgan fingerprint density at radius 1 is 0.727 bits per heavy atom. The number of piperidine rings is 1. The zero-order valence-corrected chi connectivity index (χ0v) is 43.1. The van der Waals surface area contributed by atoms with Crippen LogP contribution in [0.2, 0.25) is 15.5 Å². The van der Waals surface area contributed by atoms with Crippen LogP contribution in [0.25, 0.3) is 4.85 Å². The number of hydrogen-bond acceptors (Lipinski definition) is 14. The van der Waals surface area contributed by atoms with Crippen LogP contribution in [0.15, 0.2) is 76.1 Å². The summed E-state index contributed by atoms with van der Waals surface area (Å²) in [5, 5.41) is 10.4. The van der Waals surface area contributed by atoms with Crippen LogP contribution in [0.5, 0.6) is 0 Å². The Hall–Kier alpha value is -3.41. The van der Waals surface area contributed by atoms with Crippen molar-refractivity contribution in [1.82, 2.24) is 50.3 Å². The summed E-state index contributed by atoms with van der Waals surface area (Å²) in [6.45, 7) is 15.4. The van der Waals surface area contributed by atoms with Crippen molar-refractivity contribution in [2.24, 2.45) is 5.92 Å². The molecule has 2 N–H and O–H groups in total. The quantitative estimate of drug-likeness (QED) is 0.0661. The number of halogens is 3. The van der Waals surface area contributed by atoms with Gasteiger partial charge in [-0.3, -0.25) is 4.90 Å². The van der Waals surface area contributed by atoms with Crippen LogP contribution in [-0.4, -0.2) is 104 Å². The number of nitrogens with one attached hydrogen (secondary N) is 2. The van der Waals surface area contributed by atoms with Gasteiger partial charge in [-0.1, -0.05) is 131 Å². The maximum absolute atomic E-state index is 12.2. The molecule has 0 bridgehead atoms. The normalized spacial score (nSPS) is 16.1. The molecule has 0 aliphatic carbocycles. The summed E-state index contributed by atoms with van der Waals surface area (Å²) < 4.78 is 5.37. The molecule has 13 nitrogen and oxygen atoms in total. The fourth-order valence-corrected chi connectivity index (χ4v) is 9.65. The third-order valence-electron chi connectivity index (χ3n) is 10.9. The second-order valence-electron chi connectivity index (χ2n) is 15.4. The number of fused-ring (bicyclic) bond motifs is 3. The fourth-order valence-electron chi connectivity index (χ4n) is 7.50. The summed E-state index contributed by atoms with van der Waals surface area (Å²) in [4.78, 5) is 45.9. The van der Waals surface area contributed by atoms with E-state index in [2.05, 4.69) is 74.5 Å². The average molecular weight is 1030 g/mol. The molecule has 352 valence electrons. The molecular formula is C46H56Cl3N11O2S4. The van der Waals surface area contributed by atoms with Crippen LogP contribution in [0.3, 0.4) is 0 Å². The second-order valence-corrected chi connectivity index (χ2v) is 18.8. The summed E-state index contributed by atoms with van der Waals surface area (Å²) in [6, 6.07) is 20.2. The number of thioether (sulfide) groups is 3. The van der Waals surface area contributed by atoms with Gasteiger partial charge in [-0.15, -0.1) is 0 Å². The molecule has 0 radical (unpaired) electrons. The first-order valence-corrected chi connectivity index (χ1v) is 26.2. The van der Waals surface area contributed by atoms with Gasteiger partial charge in [0, 0.05) is 61.9 Å². The van der Waals surface area contributed by atoms with Gasteiger partial charge in [-0.25, -0.2) is 41.3 Å². The van der Waals surface area contributed by atoms with Crippen molar-refractivity contribution in [3.8, 4) is 0 Å². The van der Waals surface area contributed by atoms with E-state index >= 15 is 0 Å². The van der Waals surface area contributed by atoms with Gasteiger partial charge in [0.2, 0.25) is 6.54 Å². The Kier molecular flexibility index (Phi) is 22.9. The van der Waals surface area contributed by atoms with Gasteiger partial charge < -0.3 is 25.1 Å². The summed E-state index contributed by atoms with van der Waals surface area (Å²) in [6.07, 6.45) is 10.5. The van der Waals surface area contributed by atoms with Gasteiger partial charge in [-0.05, 0) is 75.1 Å². The van der Waals surface area contributed by atoms with Gasteiger partial charge in [0.1, 0.15) is 22.1 Å². The minimum Gasteiger partial charge on any atom is -0.445 e. The summed E-state index contributed by atoms with van der Waals surface area (Å²) in [5.74, 6) is 0.635. The van der Waals surface area contributed by atoms with Crippen molar-refractivity contribution < 1.29 is 9.53 Å². The molecule has 5 aromatic rings. The fraction of sp³-hybridized carbons (Fsp3) is 0.435. The molecule has 1 saturated heterocycles. The van der Waals surface area contributed by atoms with Gasteiger partial charge in [0.25, 0.3) is 0 Å². The number of ether oxygens (including phenoxy) is 1. The van der Waals surface area contributed by atoms with Crippen molar-refractivity contribution in [3.05, 3.63) is 132 Å². The summed E-state index contributed by atoms with van der Waals surface area (Å²) >= 11 is 23.0. The zero-order valence-electron chi connectivity index (χ0n) is 37.4. The lowest BCUT2D eigenvalue weighted by Gasteiger charge is -2.28. The van der Waals surface area contributed by atoms with Crippen LogP contribution in [0, 0.1) is 12.5 Å². The molecular weight excluding hydrogens is 973 g/mol. The molecule has 0 saturated carbocycles. The second kappa shape index (κ2) is 28.2. The standard InChI is InChI=1S/C16H16ClN3O2S.C15H16ClN3S.C8H10ClN3S.C7H12N2.H2S/c1-23-15-18-13-9-20(8-7-12(13)14(17)19-15)16(21)22-10-11-5-3-2-4-6-11;1-20-15-17-13-10-19(8-7-12(13)14(16)18-15)9-11-5-3-2-4-6-11;1-13-8-11-6-4-10-3-2-5(6)7(9)12-8;1-8-5-7-3-2-4-9-6-7;/h2-6H,7-10H2,1H3;2-6H,7-10H2,1H3;10H,2-4H2,1H3;7,9H,2-6H2;1H2/t;;;7-;/m...0./s1. The monoisotopic (exact) mass is 1030 g/mol. The lowest BCUT2D eigenvalue weighted by atomic mass is 10.0. The number of rotatable bonds is 8. The molecule has 0 spiro atoms. The highest BCUT2D eigenvalue weighted by molar-refractivity contribution is 7.98. The number of carbonyl (C=O) groups excluding carboxylic acids is 1. The van der Waals surface area contributed by atoms with Crippen LogP contribution in [-0.2, 0) is 56.8 Å². The molecule has 4 aliphatic rings. The Bertz CT molecular complexity index is 2370. The Morgan fingerprint density at radius 3 is 1.83 bits per heavy atom. The molecule has 3 aromatic heterocycles. The number of amides is 1. The number of hydrogen-bond donors (Lipinski definition) is 2. The minimum absolute atomic E-state index is 0. The maximum atomic E-state index is 12.2. The Balaban J connectivity index is 0.000000173. The minimum atomic E-state index is -0.333. The lowest BCUT2D eigenvalue weighted by Crippen LogP contribution is -2.37. The highest BCUT2D eigenvalue weighted by Crippen LogP contribution is 2.28. The Labute approximate surface area is 423 Å². The number of aromatic nitrogens is 6. The van der Waals surface area contributed by atoms with Crippen molar-refractivity contribution in [1.29, 1.82) is 0 Å². The zero-order chi connectivity index (χ0) is 46.0. The molecule has 0 unspecified atom stereocenters. The molecule has 66 heavy (non-hydrogen) atoms. The lowest BCUT2D eigenvalue weighted by molar-refractivity contribution is 0.0911. The number of benzene rings is 2. The summed E-state index contributed by atoms with van der Waals surface area (Å²) in [5.41, 5.74) is 8.39. The van der Waals surface area contributed by atoms with Crippen molar-refractivity contribution in [3.63, 3.8) is 0 Å². The van der Waals surface area contributed by atoms with E-state index in [9.17, 15) is 4.79 Å². The SMILES string of the molecule is CSc1nc(Cl)c2c(n1)CN(C(=O)OCc1ccccc1)CC2.CSc1nc(Cl)c2c(n1)CN(Cc1ccccc1)CC2.CSc1nc(Cl)c2c(n1)CNCC2.S.[C-]#[N+]C[C@@H]1CCCNC1. The first-order valence-electron chi connectivity index (χ1n) is 21.4. The van der Waals surface area contributed by atoms with E-state index in [-0.39, 0.29) is 26.2 Å². The van der Waals surface area contributed by atoms with Crippen LogP contribution < -0.4 is 10.6 Å². The van der Waals surface area contributed by atoms with Crippen molar-refractivity contribution in [2.45, 2.75) is 80.4 Å². The van der Waals surface area contributed by atoms with E-state index in [1.54, 1.807) is 4.90 Å². The largest absolute Gasteiger partial charge is 0.445 e. The van der Waals surface area contributed by atoms with Crippen molar-refractivity contribution in [2.75, 3.05) is 58.0 Å². The Morgan fingerprint density at radius 2 is 1.27 bits per heavy atom. The highest BCUT2D eigenvalue weighted by Gasteiger charge is 2.26. The molecule has 20 heteroatoms. The number of carbonyl (C=O) groups is 1. The first kappa shape index (κ1) is 53.5. The molecule has 7 heterocycles. The van der Waals surface area contributed by atoms with E-state index in [1.807, 2.05) is 55.2 Å². The highest BCUT2D eigenvalue weighted by atomic mass is 35.5. The smallest absolute Gasteiger partial charge is 0.410 e. The molecule has 1 amide bonds. The average Bonchev–Trinajstić information content (AvgIpc) is 3.34. The van der Waals surface area contributed by atoms with E-state index in [0.29, 0.717) is 52.6 Å². The predicted octanol–water partition coefficient (Wildman–Crippen LogP) is 9.47. The predicted molar refractivity (Wildman–Crippen MR) is 274 cm³/mol. The number of nitrogens with zero attached hydrogens (tertiary/aromatic N) is 9.